The average Bonchev–Trinajstić information content (AvgIpc) is 3.05. The zero-order chi connectivity index (χ0) is 12.1. The lowest BCUT2D eigenvalue weighted by atomic mass is 9.89. The lowest BCUT2D eigenvalue weighted by Gasteiger charge is -2.23. The summed E-state index contributed by atoms with van der Waals surface area (Å²) >= 11 is 0. The van der Waals surface area contributed by atoms with Gasteiger partial charge in [0.15, 0.2) is 0 Å². The van der Waals surface area contributed by atoms with Gasteiger partial charge in [0.25, 0.3) is 0 Å². The van der Waals surface area contributed by atoms with E-state index in [1.807, 2.05) is 12.5 Å². The number of fused-ring (bicyclic) bond motifs is 3. The van der Waals surface area contributed by atoms with Crippen molar-refractivity contribution in [2.45, 2.75) is 12.1 Å². The van der Waals surface area contributed by atoms with Crippen LogP contribution < -0.4 is 5.73 Å². The third kappa shape index (κ3) is 1.24. The van der Waals surface area contributed by atoms with Crippen LogP contribution in [0.3, 0.4) is 0 Å². The summed E-state index contributed by atoms with van der Waals surface area (Å²) in [4.78, 5) is 4.27. The van der Waals surface area contributed by atoms with Crippen LogP contribution in [0.2, 0.25) is 0 Å². The predicted molar refractivity (Wildman–Crippen MR) is 68.1 cm³/mol. The van der Waals surface area contributed by atoms with Gasteiger partial charge in [0.1, 0.15) is 0 Å². The Balaban J connectivity index is 1.89. The van der Waals surface area contributed by atoms with Gasteiger partial charge in [-0.1, -0.05) is 24.3 Å². The molecule has 0 radical (unpaired) electrons. The Labute approximate surface area is 105 Å². The van der Waals surface area contributed by atoms with Gasteiger partial charge < -0.3 is 15.0 Å². The molecule has 0 amide bonds. The van der Waals surface area contributed by atoms with Gasteiger partial charge in [0.05, 0.1) is 37.5 Å². The Kier molecular flexibility index (Phi) is 2.10. The van der Waals surface area contributed by atoms with Crippen LogP contribution in [0.25, 0.3) is 11.3 Å². The first kappa shape index (κ1) is 10.3. The molecule has 1 unspecified atom stereocenters. The molecule has 0 bridgehead atoms. The summed E-state index contributed by atoms with van der Waals surface area (Å²) in [5, 5.41) is 0. The average molecular weight is 241 g/mol. The van der Waals surface area contributed by atoms with Crippen LogP contribution >= 0.6 is 0 Å². The Hall–Kier alpha value is -1.65. The van der Waals surface area contributed by atoms with Crippen LogP contribution in [0.4, 0.5) is 0 Å². The second-order valence-electron chi connectivity index (χ2n) is 5.08. The SMILES string of the molecule is N[C@@H]1COC[C@@H]1C1c2ccccc2-c2cncn21. The molecule has 2 N–H and O–H groups in total. The maximum Gasteiger partial charge on any atom is 0.0956 e. The Morgan fingerprint density at radius 1 is 1.28 bits per heavy atom. The van der Waals surface area contributed by atoms with Crippen molar-refractivity contribution in [3.63, 3.8) is 0 Å². The van der Waals surface area contributed by atoms with E-state index in [2.05, 4.69) is 33.8 Å². The minimum Gasteiger partial charge on any atom is -0.379 e. The Morgan fingerprint density at radius 2 is 2.17 bits per heavy atom. The van der Waals surface area contributed by atoms with Gasteiger partial charge in [-0.05, 0) is 5.56 Å². The molecule has 4 nitrogen and oxygen atoms in total. The maximum absolute atomic E-state index is 6.18. The highest BCUT2D eigenvalue weighted by atomic mass is 16.5. The smallest absolute Gasteiger partial charge is 0.0956 e. The minimum absolute atomic E-state index is 0.108. The van der Waals surface area contributed by atoms with Gasteiger partial charge in [-0.3, -0.25) is 0 Å². The topological polar surface area (TPSA) is 53.1 Å². The number of ether oxygens (including phenoxy) is 1. The zero-order valence-electron chi connectivity index (χ0n) is 9.99. The first-order valence-electron chi connectivity index (χ1n) is 6.30. The van der Waals surface area contributed by atoms with Gasteiger partial charge in [0, 0.05) is 17.5 Å². The van der Waals surface area contributed by atoms with E-state index < -0.39 is 0 Å². The van der Waals surface area contributed by atoms with Crippen molar-refractivity contribution in [1.82, 2.24) is 9.55 Å². The number of nitrogens with two attached hydrogens (primary N) is 1. The third-order valence-corrected chi connectivity index (χ3v) is 4.10. The number of hydrogen-bond acceptors (Lipinski definition) is 3. The second-order valence-corrected chi connectivity index (χ2v) is 5.08. The highest BCUT2D eigenvalue weighted by Gasteiger charge is 2.39. The first-order valence-corrected chi connectivity index (χ1v) is 6.30. The van der Waals surface area contributed by atoms with Crippen LogP contribution in [-0.4, -0.2) is 28.8 Å². The predicted octanol–water partition coefficient (Wildman–Crippen LogP) is 1.43. The molecule has 18 heavy (non-hydrogen) atoms. The van der Waals surface area contributed by atoms with Crippen molar-refractivity contribution < 1.29 is 4.74 Å². The molecule has 0 spiro atoms. The van der Waals surface area contributed by atoms with Crippen molar-refractivity contribution in [3.8, 4) is 11.3 Å². The molecule has 1 fully saturated rings. The van der Waals surface area contributed by atoms with Gasteiger partial charge in [-0.15, -0.1) is 0 Å². The van der Waals surface area contributed by atoms with Gasteiger partial charge >= 0.3 is 0 Å². The first-order chi connectivity index (χ1) is 8.86. The van der Waals surface area contributed by atoms with E-state index in [1.165, 1.54) is 16.8 Å². The van der Waals surface area contributed by atoms with E-state index in [-0.39, 0.29) is 12.1 Å². The Morgan fingerprint density at radius 3 is 3.00 bits per heavy atom. The molecular weight excluding hydrogens is 226 g/mol. The fraction of sp³-hybridized carbons (Fsp3) is 0.357. The highest BCUT2D eigenvalue weighted by Crippen LogP contribution is 2.44. The summed E-state index contributed by atoms with van der Waals surface area (Å²) in [6, 6.07) is 8.89. The fourth-order valence-electron chi connectivity index (χ4n) is 3.22. The monoisotopic (exact) mass is 241 g/mol. The van der Waals surface area contributed by atoms with E-state index >= 15 is 0 Å². The van der Waals surface area contributed by atoms with Gasteiger partial charge in [0.2, 0.25) is 0 Å². The van der Waals surface area contributed by atoms with Crippen LogP contribution in [0, 0.1) is 5.92 Å². The number of benzene rings is 1. The summed E-state index contributed by atoms with van der Waals surface area (Å²) in [5.41, 5.74) is 10.00. The van der Waals surface area contributed by atoms with Crippen molar-refractivity contribution in [2.24, 2.45) is 11.7 Å². The molecule has 92 valence electrons. The molecule has 4 heteroatoms. The summed E-state index contributed by atoms with van der Waals surface area (Å²) in [5.74, 6) is 0.335. The molecule has 4 rings (SSSR count). The highest BCUT2D eigenvalue weighted by molar-refractivity contribution is 5.69. The number of aromatic nitrogens is 2. The normalized spacial score (nSPS) is 29.3. The number of hydrogen-bond donors (Lipinski definition) is 1. The molecular formula is C14H15N3O. The molecule has 3 atom stereocenters. The summed E-state index contributed by atoms with van der Waals surface area (Å²) in [6.07, 6.45) is 3.84. The van der Waals surface area contributed by atoms with E-state index in [9.17, 15) is 0 Å². The largest absolute Gasteiger partial charge is 0.379 e. The summed E-state index contributed by atoms with van der Waals surface area (Å²) in [6.45, 7) is 1.39. The fourth-order valence-corrected chi connectivity index (χ4v) is 3.22. The number of rotatable bonds is 1. The minimum atomic E-state index is 0.108. The van der Waals surface area contributed by atoms with E-state index in [0.717, 1.165) is 6.61 Å². The van der Waals surface area contributed by atoms with Crippen LogP contribution in [0.5, 0.6) is 0 Å². The van der Waals surface area contributed by atoms with Crippen LogP contribution in [0.1, 0.15) is 11.6 Å². The molecule has 1 aromatic carbocycles. The number of imidazole rings is 1. The van der Waals surface area contributed by atoms with Crippen molar-refractivity contribution >= 4 is 0 Å². The van der Waals surface area contributed by atoms with Crippen molar-refractivity contribution in [3.05, 3.63) is 42.4 Å². The molecule has 0 aliphatic carbocycles. The molecule has 1 aromatic heterocycles. The molecule has 1 saturated heterocycles. The van der Waals surface area contributed by atoms with Crippen molar-refractivity contribution in [1.29, 1.82) is 0 Å². The van der Waals surface area contributed by atoms with Gasteiger partial charge in [-0.25, -0.2) is 4.98 Å². The quantitative estimate of drug-likeness (QED) is 0.821. The molecule has 2 aromatic rings. The van der Waals surface area contributed by atoms with Crippen molar-refractivity contribution in [2.75, 3.05) is 13.2 Å². The van der Waals surface area contributed by atoms with Crippen LogP contribution in [-0.2, 0) is 4.74 Å². The lowest BCUT2D eigenvalue weighted by molar-refractivity contribution is 0.177. The summed E-state index contributed by atoms with van der Waals surface area (Å²) in [7, 11) is 0. The molecule has 0 saturated carbocycles. The third-order valence-electron chi connectivity index (χ3n) is 4.10. The van der Waals surface area contributed by atoms with E-state index in [1.54, 1.807) is 0 Å². The maximum atomic E-state index is 6.18. The molecule has 3 heterocycles. The van der Waals surface area contributed by atoms with E-state index in [0.29, 0.717) is 12.5 Å². The van der Waals surface area contributed by atoms with Crippen LogP contribution in [0.15, 0.2) is 36.8 Å². The Bertz CT molecular complexity index is 592. The second kappa shape index (κ2) is 3.67. The summed E-state index contributed by atoms with van der Waals surface area (Å²) < 4.78 is 7.77. The number of nitrogens with zero attached hydrogens (tertiary/aromatic N) is 2. The molecule has 2 aliphatic rings. The standard InChI is InChI=1S/C14H15N3O/c15-12-7-18-6-11(12)14-10-4-2-1-3-9(10)13-5-16-8-17(13)14/h1-5,8,11-12,14H,6-7,15H2/t11-,12+,14?/m0/s1. The lowest BCUT2D eigenvalue weighted by Crippen LogP contribution is -2.34. The molecule has 2 aliphatic heterocycles. The van der Waals surface area contributed by atoms with Gasteiger partial charge in [-0.2, -0.15) is 0 Å². The van der Waals surface area contributed by atoms with E-state index in [4.69, 9.17) is 10.5 Å². The zero-order valence-corrected chi connectivity index (χ0v) is 9.99.